The molecule has 0 spiro atoms. The van der Waals surface area contributed by atoms with Gasteiger partial charge in [-0.2, -0.15) is 0 Å². The highest BCUT2D eigenvalue weighted by Crippen LogP contribution is 2.39. The molecule has 6 nitrogen and oxygen atoms in total. The van der Waals surface area contributed by atoms with Crippen molar-refractivity contribution in [2.45, 2.75) is 31.8 Å². The Morgan fingerprint density at radius 2 is 2.26 bits per heavy atom. The van der Waals surface area contributed by atoms with E-state index in [1.807, 2.05) is 24.3 Å². The number of oxazole rings is 1. The van der Waals surface area contributed by atoms with Crippen LogP contribution >= 0.6 is 0 Å². The van der Waals surface area contributed by atoms with Crippen molar-refractivity contribution in [3.63, 3.8) is 0 Å². The molecule has 0 unspecified atom stereocenters. The highest BCUT2D eigenvalue weighted by atomic mass is 16.4. The van der Waals surface area contributed by atoms with E-state index in [-0.39, 0.29) is 6.54 Å². The first-order chi connectivity index (χ1) is 11.2. The molecule has 0 atom stereocenters. The summed E-state index contributed by atoms with van der Waals surface area (Å²) < 4.78 is 7.47. The average molecular weight is 311 g/mol. The predicted octanol–water partition coefficient (Wildman–Crippen LogP) is 3.20. The summed E-state index contributed by atoms with van der Waals surface area (Å²) in [5.41, 5.74) is 1.85. The van der Waals surface area contributed by atoms with Gasteiger partial charge in [0.05, 0.1) is 18.3 Å². The molecule has 1 saturated carbocycles. The summed E-state index contributed by atoms with van der Waals surface area (Å²) in [4.78, 5) is 15.2. The fraction of sp³-hybridized carbons (Fsp3) is 0.294. The van der Waals surface area contributed by atoms with E-state index in [1.54, 1.807) is 17.0 Å². The third-order valence-corrected chi connectivity index (χ3v) is 4.07. The SMILES string of the molecule is O=C(O)Cn1ccc2c(NCc3cnc(C4CC4)o3)cccc21. The van der Waals surface area contributed by atoms with Gasteiger partial charge in [0, 0.05) is 23.2 Å². The van der Waals surface area contributed by atoms with E-state index < -0.39 is 5.97 Å². The van der Waals surface area contributed by atoms with E-state index in [1.165, 1.54) is 12.8 Å². The van der Waals surface area contributed by atoms with E-state index in [2.05, 4.69) is 10.3 Å². The number of carboxylic acids is 1. The second-order valence-electron chi connectivity index (χ2n) is 5.87. The number of nitrogens with one attached hydrogen (secondary N) is 1. The Labute approximate surface area is 132 Å². The third-order valence-electron chi connectivity index (χ3n) is 4.07. The predicted molar refractivity (Wildman–Crippen MR) is 85.4 cm³/mol. The van der Waals surface area contributed by atoms with Gasteiger partial charge in [0.15, 0.2) is 5.89 Å². The van der Waals surface area contributed by atoms with Crippen molar-refractivity contribution in [3.05, 3.63) is 48.3 Å². The van der Waals surface area contributed by atoms with Gasteiger partial charge in [-0.25, -0.2) is 4.98 Å². The van der Waals surface area contributed by atoms with Gasteiger partial charge in [0.2, 0.25) is 0 Å². The highest BCUT2D eigenvalue weighted by molar-refractivity contribution is 5.93. The van der Waals surface area contributed by atoms with Crippen LogP contribution in [0.2, 0.25) is 0 Å². The molecule has 0 amide bonds. The third kappa shape index (κ3) is 2.79. The Kier molecular flexibility index (Phi) is 3.29. The number of nitrogens with zero attached hydrogens (tertiary/aromatic N) is 2. The van der Waals surface area contributed by atoms with Crippen LogP contribution in [-0.2, 0) is 17.9 Å². The quantitative estimate of drug-likeness (QED) is 0.730. The van der Waals surface area contributed by atoms with Crippen molar-refractivity contribution in [1.29, 1.82) is 0 Å². The van der Waals surface area contributed by atoms with Crippen LogP contribution in [0.3, 0.4) is 0 Å². The molecule has 1 aliphatic rings. The van der Waals surface area contributed by atoms with Crippen molar-refractivity contribution < 1.29 is 14.3 Å². The second-order valence-corrected chi connectivity index (χ2v) is 5.87. The molecule has 118 valence electrons. The number of carbonyl (C=O) groups is 1. The fourth-order valence-corrected chi connectivity index (χ4v) is 2.77. The van der Waals surface area contributed by atoms with Gasteiger partial charge in [-0.05, 0) is 31.0 Å². The number of aliphatic carboxylic acids is 1. The Morgan fingerprint density at radius 3 is 3.04 bits per heavy atom. The molecule has 23 heavy (non-hydrogen) atoms. The van der Waals surface area contributed by atoms with Crippen LogP contribution in [0.15, 0.2) is 41.1 Å². The Balaban J connectivity index is 1.53. The molecule has 1 aliphatic carbocycles. The summed E-state index contributed by atoms with van der Waals surface area (Å²) in [6.45, 7) is 0.517. The number of hydrogen-bond acceptors (Lipinski definition) is 4. The molecular formula is C17H17N3O3. The van der Waals surface area contributed by atoms with Crippen LogP contribution < -0.4 is 5.32 Å². The smallest absolute Gasteiger partial charge is 0.323 e. The minimum absolute atomic E-state index is 0.0419. The number of anilines is 1. The van der Waals surface area contributed by atoms with Gasteiger partial charge in [0.1, 0.15) is 12.3 Å². The molecule has 0 saturated heterocycles. The van der Waals surface area contributed by atoms with Crippen LogP contribution in [0.1, 0.15) is 30.4 Å². The zero-order valence-electron chi connectivity index (χ0n) is 12.5. The van der Waals surface area contributed by atoms with E-state index in [0.717, 1.165) is 28.2 Å². The number of fused-ring (bicyclic) bond motifs is 1. The first-order valence-corrected chi connectivity index (χ1v) is 7.69. The van der Waals surface area contributed by atoms with Gasteiger partial charge < -0.3 is 19.4 Å². The van der Waals surface area contributed by atoms with Crippen molar-refractivity contribution in [1.82, 2.24) is 9.55 Å². The minimum atomic E-state index is -0.852. The molecule has 0 aliphatic heterocycles. The molecule has 4 rings (SSSR count). The molecule has 6 heteroatoms. The van der Waals surface area contributed by atoms with E-state index in [0.29, 0.717) is 12.5 Å². The Morgan fingerprint density at radius 1 is 1.39 bits per heavy atom. The number of rotatable bonds is 6. The number of hydrogen-bond donors (Lipinski definition) is 2. The average Bonchev–Trinajstić information content (AvgIpc) is 3.14. The lowest BCUT2D eigenvalue weighted by Gasteiger charge is -2.07. The highest BCUT2D eigenvalue weighted by Gasteiger charge is 2.28. The van der Waals surface area contributed by atoms with Crippen LogP contribution in [-0.4, -0.2) is 20.6 Å². The zero-order valence-corrected chi connectivity index (χ0v) is 12.5. The maximum Gasteiger partial charge on any atom is 0.323 e. The van der Waals surface area contributed by atoms with Crippen LogP contribution in [0.4, 0.5) is 5.69 Å². The lowest BCUT2D eigenvalue weighted by Crippen LogP contribution is -2.07. The van der Waals surface area contributed by atoms with E-state index in [9.17, 15) is 4.79 Å². The molecule has 3 aromatic rings. The summed E-state index contributed by atoms with van der Waals surface area (Å²) in [6.07, 6.45) is 5.91. The number of carboxylic acid groups (broad SMARTS) is 1. The fourth-order valence-electron chi connectivity index (χ4n) is 2.77. The number of aromatic nitrogens is 2. The molecule has 2 heterocycles. The molecule has 1 aromatic carbocycles. The zero-order chi connectivity index (χ0) is 15.8. The van der Waals surface area contributed by atoms with Crippen LogP contribution in [0.5, 0.6) is 0 Å². The lowest BCUT2D eigenvalue weighted by molar-refractivity contribution is -0.137. The van der Waals surface area contributed by atoms with Crippen molar-refractivity contribution in [3.8, 4) is 0 Å². The van der Waals surface area contributed by atoms with Crippen LogP contribution in [0, 0.1) is 0 Å². The first kappa shape index (κ1) is 13.9. The second kappa shape index (κ2) is 5.46. The number of benzene rings is 1. The van der Waals surface area contributed by atoms with E-state index in [4.69, 9.17) is 9.52 Å². The topological polar surface area (TPSA) is 80.3 Å². The Bertz CT molecular complexity index is 861. The van der Waals surface area contributed by atoms with Gasteiger partial charge >= 0.3 is 5.97 Å². The first-order valence-electron chi connectivity index (χ1n) is 7.69. The van der Waals surface area contributed by atoms with Crippen LogP contribution in [0.25, 0.3) is 10.9 Å². The molecule has 2 N–H and O–H groups in total. The monoisotopic (exact) mass is 311 g/mol. The molecule has 2 aromatic heterocycles. The standard InChI is InChI=1S/C17H17N3O3/c21-16(22)10-20-7-6-13-14(2-1-3-15(13)20)18-8-12-9-19-17(23-12)11-4-5-11/h1-3,6-7,9,11,18H,4-5,8,10H2,(H,21,22). The van der Waals surface area contributed by atoms with Gasteiger partial charge in [-0.3, -0.25) is 4.79 Å². The summed E-state index contributed by atoms with van der Waals surface area (Å²) in [5, 5.41) is 13.3. The van der Waals surface area contributed by atoms with Gasteiger partial charge in [0.25, 0.3) is 0 Å². The summed E-state index contributed by atoms with van der Waals surface area (Å²) in [5.74, 6) is 1.31. The molecule has 1 fully saturated rings. The largest absolute Gasteiger partial charge is 0.480 e. The van der Waals surface area contributed by atoms with Crippen molar-refractivity contribution in [2.75, 3.05) is 5.32 Å². The van der Waals surface area contributed by atoms with Crippen molar-refractivity contribution in [2.24, 2.45) is 0 Å². The molecule has 0 bridgehead atoms. The summed E-state index contributed by atoms with van der Waals surface area (Å²) in [7, 11) is 0. The molecule has 0 radical (unpaired) electrons. The van der Waals surface area contributed by atoms with Gasteiger partial charge in [-0.1, -0.05) is 6.07 Å². The summed E-state index contributed by atoms with van der Waals surface area (Å²) in [6, 6.07) is 7.74. The van der Waals surface area contributed by atoms with E-state index >= 15 is 0 Å². The van der Waals surface area contributed by atoms with Gasteiger partial charge in [-0.15, -0.1) is 0 Å². The lowest BCUT2D eigenvalue weighted by atomic mass is 10.2. The normalized spacial score (nSPS) is 14.3. The molecular weight excluding hydrogens is 294 g/mol. The Hall–Kier alpha value is -2.76. The maximum absolute atomic E-state index is 10.9. The van der Waals surface area contributed by atoms with Crippen molar-refractivity contribution >= 4 is 22.6 Å². The maximum atomic E-state index is 10.9. The summed E-state index contributed by atoms with van der Waals surface area (Å²) >= 11 is 0. The minimum Gasteiger partial charge on any atom is -0.480 e.